The molecule has 1 heterocycles. The van der Waals surface area contributed by atoms with E-state index in [1.165, 1.54) is 12.8 Å². The van der Waals surface area contributed by atoms with Crippen molar-refractivity contribution in [3.8, 4) is 0 Å². The van der Waals surface area contributed by atoms with Crippen LogP contribution in [0.15, 0.2) is 0 Å². The molecular weight excluding hydrogens is 266 g/mol. The fraction of sp³-hybridized carbons (Fsp3) is 0.875. The third-order valence-electron chi connectivity index (χ3n) is 5.14. The second-order valence-electron chi connectivity index (χ2n) is 6.98. The lowest BCUT2D eigenvalue weighted by molar-refractivity contribution is -0.128. The monoisotopic (exact) mass is 295 g/mol. The fourth-order valence-electron chi connectivity index (χ4n) is 3.49. The van der Waals surface area contributed by atoms with Crippen LogP contribution in [0.1, 0.15) is 52.4 Å². The minimum absolute atomic E-state index is 0.0894. The van der Waals surface area contributed by atoms with Crippen molar-refractivity contribution in [3.63, 3.8) is 0 Å². The summed E-state index contributed by atoms with van der Waals surface area (Å²) < 4.78 is 0. The summed E-state index contributed by atoms with van der Waals surface area (Å²) in [5.74, 6) is 0.529. The van der Waals surface area contributed by atoms with Crippen molar-refractivity contribution >= 4 is 11.8 Å². The van der Waals surface area contributed by atoms with E-state index in [2.05, 4.69) is 24.1 Å². The summed E-state index contributed by atoms with van der Waals surface area (Å²) in [5, 5.41) is 3.15. The maximum Gasteiger partial charge on any atom is 0.234 e. The predicted octanol–water partition coefficient (Wildman–Crippen LogP) is 1.27. The molecule has 0 unspecified atom stereocenters. The summed E-state index contributed by atoms with van der Waals surface area (Å²) in [4.78, 5) is 25.6. The number of carbonyl (C=O) groups excluding carboxylic acids is 2. The number of piperidine rings is 1. The van der Waals surface area contributed by atoms with E-state index in [1.54, 1.807) is 0 Å². The van der Waals surface area contributed by atoms with Gasteiger partial charge in [-0.1, -0.05) is 6.92 Å². The first kappa shape index (κ1) is 16.3. The molecule has 2 amide bonds. The Kier molecular flexibility index (Phi) is 5.62. The second kappa shape index (κ2) is 7.25. The van der Waals surface area contributed by atoms with Crippen LogP contribution in [0.5, 0.6) is 0 Å². The normalized spacial score (nSPS) is 34.4. The van der Waals surface area contributed by atoms with E-state index in [9.17, 15) is 9.59 Å². The molecular formula is C16H29N3O2. The fourth-order valence-corrected chi connectivity index (χ4v) is 3.49. The Morgan fingerprint density at radius 2 is 1.76 bits per heavy atom. The van der Waals surface area contributed by atoms with Crippen molar-refractivity contribution in [1.29, 1.82) is 0 Å². The zero-order chi connectivity index (χ0) is 15.4. The maximum absolute atomic E-state index is 12.2. The van der Waals surface area contributed by atoms with Crippen LogP contribution in [0, 0.1) is 11.8 Å². The van der Waals surface area contributed by atoms with E-state index >= 15 is 0 Å². The largest absolute Gasteiger partial charge is 0.369 e. The topological polar surface area (TPSA) is 75.4 Å². The van der Waals surface area contributed by atoms with Gasteiger partial charge < -0.3 is 11.1 Å². The van der Waals surface area contributed by atoms with Crippen molar-refractivity contribution in [2.45, 2.75) is 64.5 Å². The van der Waals surface area contributed by atoms with Gasteiger partial charge in [-0.15, -0.1) is 0 Å². The van der Waals surface area contributed by atoms with Gasteiger partial charge in [0.1, 0.15) is 0 Å². The first-order valence-corrected chi connectivity index (χ1v) is 8.28. The molecule has 2 fully saturated rings. The molecule has 1 aliphatic heterocycles. The van der Waals surface area contributed by atoms with Crippen LogP contribution >= 0.6 is 0 Å². The number of carbonyl (C=O) groups is 2. The molecule has 5 heteroatoms. The summed E-state index contributed by atoms with van der Waals surface area (Å²) in [6.07, 6.45) is 6.36. The highest BCUT2D eigenvalue weighted by molar-refractivity contribution is 5.79. The van der Waals surface area contributed by atoms with Gasteiger partial charge in [-0.05, 0) is 51.4 Å². The van der Waals surface area contributed by atoms with Crippen LogP contribution in [0.4, 0.5) is 0 Å². The average Bonchev–Trinajstić information content (AvgIpc) is 2.43. The maximum atomic E-state index is 12.2. The average molecular weight is 295 g/mol. The van der Waals surface area contributed by atoms with Gasteiger partial charge in [0.25, 0.3) is 0 Å². The molecule has 2 atom stereocenters. The number of hydrogen-bond acceptors (Lipinski definition) is 3. The van der Waals surface area contributed by atoms with Crippen LogP contribution < -0.4 is 11.1 Å². The van der Waals surface area contributed by atoms with Gasteiger partial charge in [-0.25, -0.2) is 0 Å². The lowest BCUT2D eigenvalue weighted by Crippen LogP contribution is -2.50. The van der Waals surface area contributed by atoms with Crippen molar-refractivity contribution in [1.82, 2.24) is 10.2 Å². The Bertz CT molecular complexity index is 378. The van der Waals surface area contributed by atoms with E-state index in [0.29, 0.717) is 25.2 Å². The van der Waals surface area contributed by atoms with Crippen LogP contribution in [0.3, 0.4) is 0 Å². The standard InChI is InChI=1S/C16H29N3O2/c1-11-3-7-14(8-4-11)18-15(20)10-19-9-13(16(17)21)6-5-12(19)2/h11-14H,3-10H2,1-2H3,(H2,17,21)(H,18,20)/t11?,12-,13-,14?/m0/s1. The highest BCUT2D eigenvalue weighted by Crippen LogP contribution is 2.24. The lowest BCUT2D eigenvalue weighted by atomic mass is 9.87. The van der Waals surface area contributed by atoms with E-state index in [1.807, 2.05) is 0 Å². The first-order chi connectivity index (χ1) is 9.95. The number of nitrogens with one attached hydrogen (secondary N) is 1. The molecule has 0 bridgehead atoms. The Morgan fingerprint density at radius 1 is 1.10 bits per heavy atom. The second-order valence-corrected chi connectivity index (χ2v) is 6.98. The Labute approximate surface area is 127 Å². The number of likely N-dealkylation sites (tertiary alicyclic amines) is 1. The van der Waals surface area contributed by atoms with Crippen LogP contribution in [0.25, 0.3) is 0 Å². The third kappa shape index (κ3) is 4.70. The zero-order valence-corrected chi connectivity index (χ0v) is 13.3. The molecule has 0 aromatic carbocycles. The molecule has 1 aliphatic carbocycles. The smallest absolute Gasteiger partial charge is 0.234 e. The number of nitrogens with two attached hydrogens (primary N) is 1. The van der Waals surface area contributed by atoms with Crippen LogP contribution in [-0.4, -0.2) is 41.9 Å². The van der Waals surface area contributed by atoms with Gasteiger partial charge in [0.15, 0.2) is 0 Å². The number of amides is 2. The van der Waals surface area contributed by atoms with Gasteiger partial charge >= 0.3 is 0 Å². The molecule has 0 spiro atoms. The van der Waals surface area contributed by atoms with Gasteiger partial charge in [-0.3, -0.25) is 14.5 Å². The Balaban J connectivity index is 1.79. The molecule has 0 aromatic rings. The van der Waals surface area contributed by atoms with Crippen LogP contribution in [-0.2, 0) is 9.59 Å². The molecule has 120 valence electrons. The van der Waals surface area contributed by atoms with E-state index < -0.39 is 0 Å². The minimum Gasteiger partial charge on any atom is -0.369 e. The third-order valence-corrected chi connectivity index (χ3v) is 5.14. The highest BCUT2D eigenvalue weighted by atomic mass is 16.2. The summed E-state index contributed by atoms with van der Waals surface area (Å²) in [5.41, 5.74) is 5.40. The summed E-state index contributed by atoms with van der Waals surface area (Å²) in [6.45, 7) is 5.40. The summed E-state index contributed by atoms with van der Waals surface area (Å²) in [6, 6.07) is 0.679. The van der Waals surface area contributed by atoms with Crippen molar-refractivity contribution in [2.24, 2.45) is 17.6 Å². The quantitative estimate of drug-likeness (QED) is 0.820. The Morgan fingerprint density at radius 3 is 2.38 bits per heavy atom. The van der Waals surface area contributed by atoms with Crippen molar-refractivity contribution < 1.29 is 9.59 Å². The molecule has 2 rings (SSSR count). The first-order valence-electron chi connectivity index (χ1n) is 8.28. The number of nitrogens with zero attached hydrogens (tertiary/aromatic N) is 1. The Hall–Kier alpha value is -1.10. The molecule has 0 aromatic heterocycles. The molecule has 5 nitrogen and oxygen atoms in total. The number of rotatable bonds is 4. The van der Waals surface area contributed by atoms with Crippen molar-refractivity contribution in [3.05, 3.63) is 0 Å². The lowest BCUT2D eigenvalue weighted by Gasteiger charge is -2.36. The predicted molar refractivity (Wildman–Crippen MR) is 82.5 cm³/mol. The number of primary amides is 1. The molecule has 3 N–H and O–H groups in total. The molecule has 0 radical (unpaired) electrons. The molecule has 1 saturated carbocycles. The van der Waals surface area contributed by atoms with E-state index in [4.69, 9.17) is 5.73 Å². The van der Waals surface area contributed by atoms with Gasteiger partial charge in [0.2, 0.25) is 11.8 Å². The molecule has 21 heavy (non-hydrogen) atoms. The number of hydrogen-bond donors (Lipinski definition) is 2. The van der Waals surface area contributed by atoms with Gasteiger partial charge in [0.05, 0.1) is 12.5 Å². The summed E-state index contributed by atoms with van der Waals surface area (Å²) in [7, 11) is 0. The SMILES string of the molecule is CC1CCC(NC(=O)CN2C[C@@H](C(N)=O)CC[C@@H]2C)CC1. The highest BCUT2D eigenvalue weighted by Gasteiger charge is 2.30. The molecule has 1 saturated heterocycles. The van der Waals surface area contributed by atoms with Crippen LogP contribution in [0.2, 0.25) is 0 Å². The van der Waals surface area contributed by atoms with E-state index in [0.717, 1.165) is 31.6 Å². The van der Waals surface area contributed by atoms with Gasteiger partial charge in [-0.2, -0.15) is 0 Å². The van der Waals surface area contributed by atoms with E-state index in [-0.39, 0.29) is 17.7 Å². The summed E-state index contributed by atoms with van der Waals surface area (Å²) >= 11 is 0. The minimum atomic E-state index is -0.242. The zero-order valence-electron chi connectivity index (χ0n) is 13.3. The van der Waals surface area contributed by atoms with Gasteiger partial charge in [0, 0.05) is 18.6 Å². The molecule has 2 aliphatic rings. The van der Waals surface area contributed by atoms with Crippen molar-refractivity contribution in [2.75, 3.05) is 13.1 Å².